The highest BCUT2D eigenvalue weighted by Gasteiger charge is 2.20. The molecule has 3 aromatic rings. The predicted octanol–water partition coefficient (Wildman–Crippen LogP) is 3.90. The van der Waals surface area contributed by atoms with Crippen molar-refractivity contribution in [3.63, 3.8) is 0 Å². The van der Waals surface area contributed by atoms with E-state index in [0.717, 1.165) is 36.1 Å². The lowest BCUT2D eigenvalue weighted by Crippen LogP contribution is -2.13. The monoisotopic (exact) mass is 262 g/mol. The molecule has 0 bridgehead atoms. The predicted molar refractivity (Wildman–Crippen MR) is 80.5 cm³/mol. The SMILES string of the molecule is ON=C1CCCc2c1cnc1ccc3ccccc3c21. The first-order chi connectivity index (χ1) is 9.88. The lowest BCUT2D eigenvalue weighted by molar-refractivity contribution is 0.317. The Hall–Kier alpha value is -2.42. The van der Waals surface area contributed by atoms with Gasteiger partial charge >= 0.3 is 0 Å². The highest BCUT2D eigenvalue weighted by atomic mass is 16.4. The molecule has 3 heteroatoms. The van der Waals surface area contributed by atoms with Crippen LogP contribution in [-0.2, 0) is 6.42 Å². The van der Waals surface area contributed by atoms with Crippen LogP contribution in [0.25, 0.3) is 21.7 Å². The van der Waals surface area contributed by atoms with E-state index in [1.807, 2.05) is 6.20 Å². The Morgan fingerprint density at radius 1 is 1.05 bits per heavy atom. The van der Waals surface area contributed by atoms with E-state index in [1.165, 1.54) is 21.7 Å². The molecule has 0 unspecified atom stereocenters. The molecule has 1 aliphatic rings. The van der Waals surface area contributed by atoms with Crippen LogP contribution in [-0.4, -0.2) is 15.9 Å². The third-order valence-corrected chi connectivity index (χ3v) is 4.14. The Labute approximate surface area is 116 Å². The first-order valence-corrected chi connectivity index (χ1v) is 6.89. The number of aromatic nitrogens is 1. The van der Waals surface area contributed by atoms with E-state index in [1.54, 1.807) is 0 Å². The summed E-state index contributed by atoms with van der Waals surface area (Å²) < 4.78 is 0. The number of fused-ring (bicyclic) bond motifs is 5. The Morgan fingerprint density at radius 3 is 2.85 bits per heavy atom. The normalized spacial score (nSPS) is 16.7. The minimum absolute atomic E-state index is 0.758. The first kappa shape index (κ1) is 11.4. The van der Waals surface area contributed by atoms with Crippen LogP contribution in [0.5, 0.6) is 0 Å². The number of nitrogens with zero attached hydrogens (tertiary/aromatic N) is 2. The van der Waals surface area contributed by atoms with Gasteiger partial charge in [-0.05, 0) is 41.7 Å². The molecule has 98 valence electrons. The molecular weight excluding hydrogens is 248 g/mol. The molecule has 0 saturated carbocycles. The molecule has 2 aromatic carbocycles. The van der Waals surface area contributed by atoms with E-state index in [-0.39, 0.29) is 0 Å². The average Bonchev–Trinajstić information content (AvgIpc) is 2.53. The van der Waals surface area contributed by atoms with Crippen molar-refractivity contribution in [3.05, 3.63) is 53.7 Å². The summed E-state index contributed by atoms with van der Waals surface area (Å²) >= 11 is 0. The zero-order valence-corrected chi connectivity index (χ0v) is 11.0. The molecule has 0 amide bonds. The van der Waals surface area contributed by atoms with Gasteiger partial charge in [0.15, 0.2) is 0 Å². The summed E-state index contributed by atoms with van der Waals surface area (Å²) in [5, 5.41) is 16.3. The van der Waals surface area contributed by atoms with Crippen molar-refractivity contribution in [1.29, 1.82) is 0 Å². The van der Waals surface area contributed by atoms with Gasteiger partial charge in [-0.3, -0.25) is 4.98 Å². The Balaban J connectivity index is 2.19. The third kappa shape index (κ3) is 1.53. The van der Waals surface area contributed by atoms with Crippen LogP contribution in [0, 0.1) is 0 Å². The summed E-state index contributed by atoms with van der Waals surface area (Å²) in [6.07, 6.45) is 4.71. The molecular formula is C17H14N2O. The largest absolute Gasteiger partial charge is 0.411 e. The van der Waals surface area contributed by atoms with Crippen LogP contribution in [0.2, 0.25) is 0 Å². The van der Waals surface area contributed by atoms with Crippen LogP contribution >= 0.6 is 0 Å². The zero-order chi connectivity index (χ0) is 13.5. The molecule has 3 nitrogen and oxygen atoms in total. The molecule has 0 aliphatic heterocycles. The summed E-state index contributed by atoms with van der Waals surface area (Å²) in [5.41, 5.74) is 4.05. The molecule has 0 saturated heterocycles. The number of benzene rings is 2. The maximum Gasteiger partial charge on any atom is 0.0886 e. The van der Waals surface area contributed by atoms with Gasteiger partial charge in [-0.25, -0.2) is 0 Å². The van der Waals surface area contributed by atoms with Gasteiger partial charge in [0.2, 0.25) is 0 Å². The van der Waals surface area contributed by atoms with Crippen molar-refractivity contribution in [2.24, 2.45) is 5.16 Å². The molecule has 1 aliphatic carbocycles. The second kappa shape index (κ2) is 4.30. The highest BCUT2D eigenvalue weighted by molar-refractivity contribution is 6.13. The second-order valence-corrected chi connectivity index (χ2v) is 5.23. The molecule has 1 heterocycles. The van der Waals surface area contributed by atoms with Gasteiger partial charge in [0.05, 0.1) is 11.2 Å². The van der Waals surface area contributed by atoms with Gasteiger partial charge in [0.25, 0.3) is 0 Å². The van der Waals surface area contributed by atoms with E-state index >= 15 is 0 Å². The molecule has 0 fully saturated rings. The Kier molecular flexibility index (Phi) is 2.46. The maximum atomic E-state index is 9.18. The zero-order valence-electron chi connectivity index (χ0n) is 11.0. The van der Waals surface area contributed by atoms with Gasteiger partial charge in [0.1, 0.15) is 0 Å². The Morgan fingerprint density at radius 2 is 1.95 bits per heavy atom. The fourth-order valence-electron chi connectivity index (χ4n) is 3.21. The fraction of sp³-hybridized carbons (Fsp3) is 0.176. The highest BCUT2D eigenvalue weighted by Crippen LogP contribution is 2.32. The van der Waals surface area contributed by atoms with Gasteiger partial charge in [-0.1, -0.05) is 35.5 Å². The molecule has 4 rings (SSSR count). The van der Waals surface area contributed by atoms with E-state index in [2.05, 4.69) is 46.5 Å². The molecule has 0 spiro atoms. The topological polar surface area (TPSA) is 45.5 Å². The van der Waals surface area contributed by atoms with Crippen LogP contribution in [0.4, 0.5) is 0 Å². The first-order valence-electron chi connectivity index (χ1n) is 6.89. The van der Waals surface area contributed by atoms with Crippen molar-refractivity contribution in [2.75, 3.05) is 0 Å². The van der Waals surface area contributed by atoms with Gasteiger partial charge in [-0.15, -0.1) is 0 Å². The number of hydrogen-bond acceptors (Lipinski definition) is 3. The molecule has 0 atom stereocenters. The average molecular weight is 262 g/mol. The van der Waals surface area contributed by atoms with Crippen LogP contribution in [0.1, 0.15) is 24.0 Å². The second-order valence-electron chi connectivity index (χ2n) is 5.23. The number of rotatable bonds is 0. The van der Waals surface area contributed by atoms with E-state index in [0.29, 0.717) is 0 Å². The van der Waals surface area contributed by atoms with Gasteiger partial charge in [-0.2, -0.15) is 0 Å². The van der Waals surface area contributed by atoms with Gasteiger partial charge in [0, 0.05) is 17.1 Å². The lowest BCUT2D eigenvalue weighted by Gasteiger charge is -2.19. The van der Waals surface area contributed by atoms with Crippen molar-refractivity contribution < 1.29 is 5.21 Å². The van der Waals surface area contributed by atoms with Crippen molar-refractivity contribution in [3.8, 4) is 0 Å². The van der Waals surface area contributed by atoms with E-state index in [4.69, 9.17) is 0 Å². The standard InChI is InChI=1S/C17H14N2O/c20-19-15-7-3-6-13-14(15)10-18-16-9-8-11-4-1-2-5-12(11)17(13)16/h1-2,4-5,8-10,20H,3,6-7H2. The summed E-state index contributed by atoms with van der Waals surface area (Å²) in [7, 11) is 0. The summed E-state index contributed by atoms with van der Waals surface area (Å²) in [4.78, 5) is 4.55. The van der Waals surface area contributed by atoms with Crippen LogP contribution in [0.15, 0.2) is 47.8 Å². The summed E-state index contributed by atoms with van der Waals surface area (Å²) in [6.45, 7) is 0. The molecule has 1 aromatic heterocycles. The lowest BCUT2D eigenvalue weighted by atomic mass is 9.87. The van der Waals surface area contributed by atoms with E-state index < -0.39 is 0 Å². The number of oxime groups is 1. The minimum atomic E-state index is 0.758. The summed E-state index contributed by atoms with van der Waals surface area (Å²) in [5.74, 6) is 0. The molecule has 20 heavy (non-hydrogen) atoms. The van der Waals surface area contributed by atoms with Crippen molar-refractivity contribution in [2.45, 2.75) is 19.3 Å². The fourth-order valence-corrected chi connectivity index (χ4v) is 3.21. The van der Waals surface area contributed by atoms with Crippen LogP contribution in [0.3, 0.4) is 0 Å². The number of hydrogen-bond donors (Lipinski definition) is 1. The van der Waals surface area contributed by atoms with Crippen molar-refractivity contribution in [1.82, 2.24) is 4.98 Å². The molecule has 1 N–H and O–H groups in total. The quantitative estimate of drug-likeness (QED) is 0.379. The Bertz CT molecular complexity index is 852. The minimum Gasteiger partial charge on any atom is -0.411 e. The van der Waals surface area contributed by atoms with Crippen molar-refractivity contribution >= 4 is 27.4 Å². The third-order valence-electron chi connectivity index (χ3n) is 4.14. The number of aryl methyl sites for hydroxylation is 1. The summed E-state index contributed by atoms with van der Waals surface area (Å²) in [6, 6.07) is 12.6. The van der Waals surface area contributed by atoms with E-state index in [9.17, 15) is 5.21 Å². The maximum absolute atomic E-state index is 9.18. The molecule has 0 radical (unpaired) electrons. The number of pyridine rings is 1. The van der Waals surface area contributed by atoms with Gasteiger partial charge < -0.3 is 5.21 Å². The smallest absolute Gasteiger partial charge is 0.0886 e. The van der Waals surface area contributed by atoms with Crippen LogP contribution < -0.4 is 0 Å².